The normalized spacial score (nSPS) is 12.6. The minimum atomic E-state index is -0.139. The first kappa shape index (κ1) is 49.7. The lowest BCUT2D eigenvalue weighted by atomic mass is 9.33. The summed E-state index contributed by atoms with van der Waals surface area (Å²) in [4.78, 5) is 2.68. The Morgan fingerprint density at radius 2 is 0.856 bits per heavy atom. The van der Waals surface area contributed by atoms with Crippen molar-refractivity contribution in [1.82, 2.24) is 9.13 Å². The maximum atomic E-state index is 7.05. The predicted octanol–water partition coefficient (Wildman–Crippen LogP) is 21.1. The molecule has 0 unspecified atom stereocenters. The molecule has 18 aromatic rings. The van der Waals surface area contributed by atoms with Gasteiger partial charge in [-0.2, -0.15) is 0 Å². The lowest BCUT2D eigenvalue weighted by Crippen LogP contribution is -2.60. The van der Waals surface area contributed by atoms with Gasteiger partial charge in [0, 0.05) is 97.4 Å². The summed E-state index contributed by atoms with van der Waals surface area (Å²) in [5.41, 5.74) is 27.5. The Morgan fingerprint density at radius 3 is 1.59 bits per heavy atom. The van der Waals surface area contributed by atoms with Gasteiger partial charge >= 0.3 is 0 Å². The van der Waals surface area contributed by atoms with Crippen LogP contribution in [-0.4, -0.2) is 15.8 Å². The summed E-state index contributed by atoms with van der Waals surface area (Å²) in [6.07, 6.45) is 0. The van der Waals surface area contributed by atoms with E-state index in [-0.39, 0.29) is 6.71 Å². The quantitative estimate of drug-likeness (QED) is 0.149. The van der Waals surface area contributed by atoms with Crippen molar-refractivity contribution in [2.24, 2.45) is 0 Å². The largest absolute Gasteiger partial charge is 0.455 e. The average Bonchev–Trinajstić information content (AvgIpc) is 1.34. The lowest BCUT2D eigenvalue weighted by Gasteiger charge is -2.42. The molecule has 0 N–H and O–H groups in total. The van der Waals surface area contributed by atoms with Gasteiger partial charge in [0.25, 0.3) is 6.71 Å². The van der Waals surface area contributed by atoms with Crippen LogP contribution in [0.5, 0.6) is 0 Å². The number of fused-ring (bicyclic) bond motifs is 17. The standard InChI is InChI=1S/C84H50BN3OS/c1-4-19-51(20-5-1)53-37-41-55(42-38-53)59-28-16-29-60(56-43-39-54(40-44-56)52-21-6-2-7-22-52)82(59)88-73-49-67-63-26-12-15-36-77(63)90-78(67)50-69(73)85-68-33-18-32-66-80-72(46-45-71-79(80)65-27-10-13-34-70(65)86(71)58-23-8-3-9-24-58)87(83(66)68)74-47-57(48-75(88)81(74)85)61-30-17-31-64-62-25-11-14-35-76(62)89-84(61)64/h1-50H. The van der Waals surface area contributed by atoms with Crippen LogP contribution in [0, 0.1) is 0 Å². The van der Waals surface area contributed by atoms with Gasteiger partial charge in [0.05, 0.1) is 22.2 Å². The highest BCUT2D eigenvalue weighted by Crippen LogP contribution is 2.53. The molecule has 0 radical (unpaired) electrons. The second-order valence-electron chi connectivity index (χ2n) is 24.2. The van der Waals surface area contributed by atoms with E-state index in [1.807, 2.05) is 11.3 Å². The fraction of sp³-hybridized carbons (Fsp3) is 0. The molecule has 2 aliphatic heterocycles. The van der Waals surface area contributed by atoms with Gasteiger partial charge < -0.3 is 18.5 Å². The third-order valence-electron chi connectivity index (χ3n) is 19.5. The number of rotatable bonds is 7. The van der Waals surface area contributed by atoms with Crippen LogP contribution in [0.25, 0.3) is 153 Å². The molecule has 20 rings (SSSR count). The third kappa shape index (κ3) is 7.08. The molecule has 4 nitrogen and oxygen atoms in total. The van der Waals surface area contributed by atoms with Crippen LogP contribution in [0.15, 0.2) is 308 Å². The number of hydrogen-bond acceptors (Lipinski definition) is 3. The van der Waals surface area contributed by atoms with E-state index in [0.29, 0.717) is 0 Å². The maximum absolute atomic E-state index is 7.05. The zero-order valence-corrected chi connectivity index (χ0v) is 49.4. The smallest absolute Gasteiger partial charge is 0.252 e. The molecule has 0 spiro atoms. The summed E-state index contributed by atoms with van der Waals surface area (Å²) >= 11 is 1.90. The topological polar surface area (TPSA) is 26.2 Å². The number of anilines is 3. The van der Waals surface area contributed by atoms with Crippen molar-refractivity contribution < 1.29 is 4.42 Å². The number of thiophene rings is 1. The summed E-state index contributed by atoms with van der Waals surface area (Å²) < 4.78 is 14.7. The van der Waals surface area contributed by atoms with Gasteiger partial charge in [0.15, 0.2) is 0 Å². The summed E-state index contributed by atoms with van der Waals surface area (Å²) in [6, 6.07) is 113. The van der Waals surface area contributed by atoms with Gasteiger partial charge in [-0.05, 0) is 122 Å². The van der Waals surface area contributed by atoms with Crippen LogP contribution in [0.1, 0.15) is 0 Å². The monoisotopic (exact) mass is 1160 g/mol. The molecule has 6 heterocycles. The van der Waals surface area contributed by atoms with Gasteiger partial charge in [-0.3, -0.25) is 0 Å². The highest BCUT2D eigenvalue weighted by atomic mass is 32.1. The van der Waals surface area contributed by atoms with E-state index in [9.17, 15) is 0 Å². The Bertz CT molecular complexity index is 5920. The Kier molecular flexibility index (Phi) is 10.5. The Hall–Kier alpha value is -11.4. The van der Waals surface area contributed by atoms with Crippen LogP contribution >= 0.6 is 11.3 Å². The molecule has 0 saturated carbocycles. The zero-order valence-electron chi connectivity index (χ0n) is 48.6. The molecule has 0 bridgehead atoms. The van der Waals surface area contributed by atoms with Crippen LogP contribution in [-0.2, 0) is 0 Å². The molecule has 0 fully saturated rings. The highest BCUT2D eigenvalue weighted by molar-refractivity contribution is 7.26. The molecule has 2 aliphatic rings. The Morgan fingerprint density at radius 1 is 0.311 bits per heavy atom. The fourth-order valence-electron chi connectivity index (χ4n) is 15.6. The van der Waals surface area contributed by atoms with Crippen molar-refractivity contribution in [2.45, 2.75) is 0 Å². The Balaban J connectivity index is 0.947. The lowest BCUT2D eigenvalue weighted by molar-refractivity contribution is 0.670. The van der Waals surface area contributed by atoms with Gasteiger partial charge in [0.1, 0.15) is 11.2 Å². The summed E-state index contributed by atoms with van der Waals surface area (Å²) in [5.74, 6) is 0. The fourth-order valence-corrected chi connectivity index (χ4v) is 16.8. The van der Waals surface area contributed by atoms with Crippen LogP contribution < -0.4 is 21.3 Å². The van der Waals surface area contributed by atoms with E-state index in [2.05, 4.69) is 317 Å². The molecular formula is C84H50BN3OS. The molecule has 4 aromatic heterocycles. The summed E-state index contributed by atoms with van der Waals surface area (Å²) in [7, 11) is 0. The first-order chi connectivity index (χ1) is 44.7. The van der Waals surface area contributed by atoms with Gasteiger partial charge in [-0.25, -0.2) is 0 Å². The number of hydrogen-bond donors (Lipinski definition) is 0. The van der Waals surface area contributed by atoms with Gasteiger partial charge in [-0.15, -0.1) is 11.3 Å². The first-order valence-corrected chi connectivity index (χ1v) is 31.8. The highest BCUT2D eigenvalue weighted by Gasteiger charge is 2.44. The molecule has 0 atom stereocenters. The summed E-state index contributed by atoms with van der Waals surface area (Å²) in [5, 5.41) is 9.73. The Labute approximate surface area is 522 Å². The maximum Gasteiger partial charge on any atom is 0.252 e. The van der Waals surface area contributed by atoms with Crippen molar-refractivity contribution in [3.05, 3.63) is 303 Å². The van der Waals surface area contributed by atoms with E-state index in [0.717, 1.165) is 78.1 Å². The molecule has 90 heavy (non-hydrogen) atoms. The number of aromatic nitrogens is 2. The van der Waals surface area contributed by atoms with Crippen molar-refractivity contribution in [2.75, 3.05) is 4.90 Å². The minimum Gasteiger partial charge on any atom is -0.455 e. The van der Waals surface area contributed by atoms with Gasteiger partial charge in [-0.1, -0.05) is 237 Å². The van der Waals surface area contributed by atoms with Crippen LogP contribution in [0.2, 0.25) is 0 Å². The molecule has 0 aliphatic carbocycles. The average molecular weight is 1160 g/mol. The first-order valence-electron chi connectivity index (χ1n) is 31.0. The SMILES string of the molecule is c1ccc(-c2ccc(-c3cccc(-c4ccc(-c5ccccc5)cc4)c3N3c4cc5c(cc4B4c6c3cc(-c3cccc7c3oc3ccccc37)cc6-n3c6ccc7c(c8ccccc8n7-c7ccccc7)c6c6cccc4c63)sc3ccccc35)cc2)cc1. The number of furan rings is 1. The predicted molar refractivity (Wildman–Crippen MR) is 382 cm³/mol. The number of nitrogens with zero attached hydrogens (tertiary/aromatic N) is 3. The molecule has 416 valence electrons. The van der Waals surface area contributed by atoms with Crippen LogP contribution in [0.3, 0.4) is 0 Å². The second kappa shape index (κ2) is 19.0. The molecule has 14 aromatic carbocycles. The molecule has 0 amide bonds. The van der Waals surface area contributed by atoms with E-state index in [4.69, 9.17) is 4.42 Å². The van der Waals surface area contributed by atoms with E-state index in [1.54, 1.807) is 0 Å². The zero-order chi connectivity index (χ0) is 58.7. The minimum absolute atomic E-state index is 0.139. The third-order valence-corrected chi connectivity index (χ3v) is 20.6. The van der Waals surface area contributed by atoms with Gasteiger partial charge in [0.2, 0.25) is 0 Å². The van der Waals surface area contributed by atoms with E-state index in [1.165, 1.54) is 108 Å². The number of benzene rings is 14. The number of para-hydroxylation sites is 6. The molecular weight excluding hydrogens is 1110 g/mol. The van der Waals surface area contributed by atoms with Crippen molar-refractivity contribution in [3.8, 4) is 67.0 Å². The molecule has 6 heteroatoms. The van der Waals surface area contributed by atoms with E-state index < -0.39 is 0 Å². The summed E-state index contributed by atoms with van der Waals surface area (Å²) in [6.45, 7) is -0.139. The van der Waals surface area contributed by atoms with Crippen LogP contribution in [0.4, 0.5) is 17.1 Å². The van der Waals surface area contributed by atoms with E-state index >= 15 is 0 Å². The van der Waals surface area contributed by atoms with Crippen molar-refractivity contribution >= 4 is 137 Å². The van der Waals surface area contributed by atoms with Crippen molar-refractivity contribution in [3.63, 3.8) is 0 Å². The van der Waals surface area contributed by atoms with Crippen molar-refractivity contribution in [1.29, 1.82) is 0 Å². The molecule has 0 saturated heterocycles. The second-order valence-corrected chi connectivity index (χ2v) is 25.3.